The second-order valence-electron chi connectivity index (χ2n) is 4.42. The molecule has 0 fully saturated rings. The standard InChI is InChI=1S/C15H8ClF2NO2/c16-9-6-10(17)8(5-11(9)18)13(20)7-15-19-12-3-1-2-4-14(12)21-15/h1-6H,7H2. The fraction of sp³-hybridized carbons (Fsp3) is 0.0667. The predicted octanol–water partition coefficient (Wildman–Crippen LogP) is 4.18. The molecular weight excluding hydrogens is 300 g/mol. The molecule has 3 aromatic rings. The van der Waals surface area contributed by atoms with E-state index in [-0.39, 0.29) is 22.9 Å². The number of rotatable bonds is 3. The van der Waals surface area contributed by atoms with Gasteiger partial charge in [0.1, 0.15) is 17.2 Å². The monoisotopic (exact) mass is 307 g/mol. The van der Waals surface area contributed by atoms with Gasteiger partial charge in [-0.25, -0.2) is 13.8 Å². The number of Topliss-reactive ketones (excluding diaryl/α,β-unsaturated/α-hetero) is 1. The molecule has 0 spiro atoms. The van der Waals surface area contributed by atoms with Crippen molar-refractivity contribution in [1.82, 2.24) is 4.98 Å². The smallest absolute Gasteiger partial charge is 0.203 e. The van der Waals surface area contributed by atoms with Gasteiger partial charge in [0.15, 0.2) is 11.4 Å². The number of nitrogens with zero attached hydrogens (tertiary/aromatic N) is 1. The molecule has 106 valence electrons. The number of carbonyl (C=O) groups is 1. The van der Waals surface area contributed by atoms with E-state index < -0.39 is 17.4 Å². The van der Waals surface area contributed by atoms with E-state index in [1.807, 2.05) is 0 Å². The van der Waals surface area contributed by atoms with Gasteiger partial charge < -0.3 is 4.42 Å². The van der Waals surface area contributed by atoms with Gasteiger partial charge in [0.2, 0.25) is 5.89 Å². The van der Waals surface area contributed by atoms with Crippen LogP contribution in [0, 0.1) is 11.6 Å². The maximum Gasteiger partial charge on any atom is 0.203 e. The minimum atomic E-state index is -0.873. The number of hydrogen-bond acceptors (Lipinski definition) is 3. The first-order valence-corrected chi connectivity index (χ1v) is 6.44. The molecule has 0 unspecified atom stereocenters. The molecule has 0 atom stereocenters. The van der Waals surface area contributed by atoms with Gasteiger partial charge in [-0.1, -0.05) is 23.7 Å². The maximum absolute atomic E-state index is 13.7. The number of para-hydroxylation sites is 2. The third-order valence-electron chi connectivity index (χ3n) is 2.96. The molecule has 2 aromatic carbocycles. The SMILES string of the molecule is O=C(Cc1nc2ccccc2o1)c1cc(F)c(Cl)cc1F. The fourth-order valence-electron chi connectivity index (χ4n) is 1.96. The van der Waals surface area contributed by atoms with E-state index in [2.05, 4.69) is 4.98 Å². The van der Waals surface area contributed by atoms with Crippen molar-refractivity contribution in [3.8, 4) is 0 Å². The van der Waals surface area contributed by atoms with Crippen LogP contribution in [0.15, 0.2) is 40.8 Å². The summed E-state index contributed by atoms with van der Waals surface area (Å²) in [5, 5.41) is -0.370. The summed E-state index contributed by atoms with van der Waals surface area (Å²) in [5.74, 6) is -2.20. The topological polar surface area (TPSA) is 43.1 Å². The minimum Gasteiger partial charge on any atom is -0.440 e. The molecule has 0 aliphatic rings. The molecule has 0 N–H and O–H groups in total. The van der Waals surface area contributed by atoms with Crippen LogP contribution in [0.4, 0.5) is 8.78 Å². The summed E-state index contributed by atoms with van der Waals surface area (Å²) in [5.41, 5.74) is 0.755. The largest absolute Gasteiger partial charge is 0.440 e. The maximum atomic E-state index is 13.7. The van der Waals surface area contributed by atoms with E-state index in [0.717, 1.165) is 12.1 Å². The van der Waals surface area contributed by atoms with Crippen LogP contribution in [0.3, 0.4) is 0 Å². The highest BCUT2D eigenvalue weighted by atomic mass is 35.5. The summed E-state index contributed by atoms with van der Waals surface area (Å²) in [6, 6.07) is 8.55. The molecule has 3 nitrogen and oxygen atoms in total. The van der Waals surface area contributed by atoms with E-state index in [1.54, 1.807) is 24.3 Å². The van der Waals surface area contributed by atoms with Crippen molar-refractivity contribution in [2.24, 2.45) is 0 Å². The summed E-state index contributed by atoms with van der Waals surface area (Å²) < 4.78 is 32.4. The number of carbonyl (C=O) groups excluding carboxylic acids is 1. The van der Waals surface area contributed by atoms with E-state index in [4.69, 9.17) is 16.0 Å². The number of benzene rings is 2. The van der Waals surface area contributed by atoms with Crippen molar-refractivity contribution < 1.29 is 18.0 Å². The number of oxazole rings is 1. The van der Waals surface area contributed by atoms with Crippen LogP contribution in [0.5, 0.6) is 0 Å². The van der Waals surface area contributed by atoms with Gasteiger partial charge in [0.05, 0.1) is 17.0 Å². The van der Waals surface area contributed by atoms with Gasteiger partial charge in [0, 0.05) is 0 Å². The Morgan fingerprint density at radius 2 is 1.95 bits per heavy atom. The zero-order chi connectivity index (χ0) is 15.0. The number of halogens is 3. The fourth-order valence-corrected chi connectivity index (χ4v) is 2.11. The molecule has 1 aromatic heterocycles. The molecule has 0 radical (unpaired) electrons. The summed E-state index contributed by atoms with van der Waals surface area (Å²) in [6.45, 7) is 0. The average molecular weight is 308 g/mol. The lowest BCUT2D eigenvalue weighted by Gasteiger charge is -2.02. The van der Waals surface area contributed by atoms with Gasteiger partial charge in [-0.3, -0.25) is 4.79 Å². The Balaban J connectivity index is 1.91. The van der Waals surface area contributed by atoms with Gasteiger partial charge in [-0.15, -0.1) is 0 Å². The Morgan fingerprint density at radius 1 is 1.19 bits per heavy atom. The van der Waals surface area contributed by atoms with Gasteiger partial charge >= 0.3 is 0 Å². The van der Waals surface area contributed by atoms with Crippen LogP contribution in [0.2, 0.25) is 5.02 Å². The van der Waals surface area contributed by atoms with Crippen molar-refractivity contribution in [3.05, 3.63) is 64.5 Å². The van der Waals surface area contributed by atoms with Crippen LogP contribution < -0.4 is 0 Å². The summed E-state index contributed by atoms with van der Waals surface area (Å²) in [6.07, 6.45) is -0.257. The molecular formula is C15H8ClF2NO2. The average Bonchev–Trinajstić information content (AvgIpc) is 2.84. The number of ketones is 1. The van der Waals surface area contributed by atoms with Crippen LogP contribution in [-0.2, 0) is 6.42 Å². The third kappa shape index (κ3) is 2.64. The molecule has 1 heterocycles. The van der Waals surface area contributed by atoms with Crippen molar-refractivity contribution in [2.75, 3.05) is 0 Å². The van der Waals surface area contributed by atoms with Crippen LogP contribution in [-0.4, -0.2) is 10.8 Å². The lowest BCUT2D eigenvalue weighted by Crippen LogP contribution is -2.07. The van der Waals surface area contributed by atoms with E-state index >= 15 is 0 Å². The number of hydrogen-bond donors (Lipinski definition) is 0. The van der Waals surface area contributed by atoms with Crippen molar-refractivity contribution in [2.45, 2.75) is 6.42 Å². The Labute approximate surface area is 123 Å². The lowest BCUT2D eigenvalue weighted by molar-refractivity contribution is 0.0981. The molecule has 21 heavy (non-hydrogen) atoms. The van der Waals surface area contributed by atoms with Crippen molar-refractivity contribution in [1.29, 1.82) is 0 Å². The molecule has 0 amide bonds. The summed E-state index contributed by atoms with van der Waals surface area (Å²) in [7, 11) is 0. The lowest BCUT2D eigenvalue weighted by atomic mass is 10.1. The minimum absolute atomic E-state index is 0.149. The van der Waals surface area contributed by atoms with E-state index in [0.29, 0.717) is 11.1 Å². The van der Waals surface area contributed by atoms with Crippen LogP contribution in [0.25, 0.3) is 11.1 Å². The van der Waals surface area contributed by atoms with Crippen LogP contribution >= 0.6 is 11.6 Å². The summed E-state index contributed by atoms with van der Waals surface area (Å²) >= 11 is 5.45. The first-order valence-electron chi connectivity index (χ1n) is 6.07. The number of aromatic nitrogens is 1. The first kappa shape index (κ1) is 13.7. The predicted molar refractivity (Wildman–Crippen MR) is 73.4 cm³/mol. The Hall–Kier alpha value is -2.27. The van der Waals surface area contributed by atoms with Crippen molar-refractivity contribution in [3.63, 3.8) is 0 Å². The second-order valence-corrected chi connectivity index (χ2v) is 4.83. The molecule has 6 heteroatoms. The third-order valence-corrected chi connectivity index (χ3v) is 3.25. The molecule has 0 aliphatic heterocycles. The highest BCUT2D eigenvalue weighted by molar-refractivity contribution is 6.30. The normalized spacial score (nSPS) is 11.0. The zero-order valence-corrected chi connectivity index (χ0v) is 11.3. The van der Waals surface area contributed by atoms with E-state index in [1.165, 1.54) is 0 Å². The Bertz CT molecular complexity index is 812. The molecule has 3 rings (SSSR count). The zero-order valence-electron chi connectivity index (χ0n) is 10.6. The van der Waals surface area contributed by atoms with Crippen LogP contribution in [0.1, 0.15) is 16.2 Å². The summed E-state index contributed by atoms with van der Waals surface area (Å²) in [4.78, 5) is 16.1. The van der Waals surface area contributed by atoms with E-state index in [9.17, 15) is 13.6 Å². The van der Waals surface area contributed by atoms with Gasteiger partial charge in [0.25, 0.3) is 0 Å². The molecule has 0 saturated carbocycles. The Kier molecular flexibility index (Phi) is 3.43. The molecule has 0 bridgehead atoms. The molecule has 0 saturated heterocycles. The van der Waals surface area contributed by atoms with Gasteiger partial charge in [-0.2, -0.15) is 0 Å². The number of fused-ring (bicyclic) bond motifs is 1. The highest BCUT2D eigenvalue weighted by Gasteiger charge is 2.18. The highest BCUT2D eigenvalue weighted by Crippen LogP contribution is 2.21. The first-order chi connectivity index (χ1) is 10.0. The second kappa shape index (κ2) is 5.26. The van der Waals surface area contributed by atoms with Crippen molar-refractivity contribution >= 4 is 28.5 Å². The van der Waals surface area contributed by atoms with Gasteiger partial charge in [-0.05, 0) is 24.3 Å². The Morgan fingerprint density at radius 3 is 2.71 bits per heavy atom. The quantitative estimate of drug-likeness (QED) is 0.538. The molecule has 0 aliphatic carbocycles.